The second-order valence-electron chi connectivity index (χ2n) is 4.96. The summed E-state index contributed by atoms with van der Waals surface area (Å²) in [4.78, 5) is 9.21. The van der Waals surface area contributed by atoms with E-state index in [1.165, 1.54) is 0 Å². The van der Waals surface area contributed by atoms with Crippen LogP contribution in [-0.4, -0.2) is 49.5 Å². The van der Waals surface area contributed by atoms with Crippen LogP contribution in [0.5, 0.6) is 0 Å². The molecule has 1 aromatic rings. The lowest BCUT2D eigenvalue weighted by Gasteiger charge is -2.26. The lowest BCUT2D eigenvalue weighted by molar-refractivity contribution is 0.0712. The first kappa shape index (κ1) is 12.9. The van der Waals surface area contributed by atoms with Gasteiger partial charge in [0.2, 0.25) is 0 Å². The molecule has 2 unspecified atom stereocenters. The number of hydrogen-bond donors (Lipinski definition) is 2. The van der Waals surface area contributed by atoms with E-state index in [0.717, 1.165) is 43.5 Å². The van der Waals surface area contributed by atoms with Crippen LogP contribution >= 0.6 is 0 Å². The summed E-state index contributed by atoms with van der Waals surface area (Å²) >= 11 is 0. The highest BCUT2D eigenvalue weighted by Crippen LogP contribution is 2.18. The second kappa shape index (κ2) is 5.92. The molecule has 2 fully saturated rings. The van der Waals surface area contributed by atoms with Gasteiger partial charge in [-0.2, -0.15) is 0 Å². The fourth-order valence-corrected chi connectivity index (χ4v) is 2.44. The van der Waals surface area contributed by atoms with Crippen molar-refractivity contribution in [2.75, 3.05) is 39.5 Å². The van der Waals surface area contributed by atoms with E-state index in [1.54, 1.807) is 0 Å². The van der Waals surface area contributed by atoms with E-state index >= 15 is 0 Å². The molecule has 3 rings (SSSR count). The summed E-state index contributed by atoms with van der Waals surface area (Å²) in [6.45, 7) is 6.55. The van der Waals surface area contributed by atoms with Gasteiger partial charge in [0.25, 0.3) is 0 Å². The zero-order valence-electron chi connectivity index (χ0n) is 11.2. The highest BCUT2D eigenvalue weighted by Gasteiger charge is 2.22. The lowest BCUT2D eigenvalue weighted by Crippen LogP contribution is -2.37. The SMILES string of the molecule is Cc1cc(C2COCCN2)nc(C2COCCN2)n1. The van der Waals surface area contributed by atoms with Crippen molar-refractivity contribution >= 4 is 0 Å². The van der Waals surface area contributed by atoms with Gasteiger partial charge in [-0.1, -0.05) is 0 Å². The molecule has 0 amide bonds. The third kappa shape index (κ3) is 3.09. The van der Waals surface area contributed by atoms with Crippen molar-refractivity contribution < 1.29 is 9.47 Å². The van der Waals surface area contributed by atoms with Crippen LogP contribution in [0.15, 0.2) is 6.07 Å². The topological polar surface area (TPSA) is 68.3 Å². The van der Waals surface area contributed by atoms with Crippen molar-refractivity contribution in [3.05, 3.63) is 23.3 Å². The largest absolute Gasteiger partial charge is 0.378 e. The number of nitrogens with one attached hydrogen (secondary N) is 2. The van der Waals surface area contributed by atoms with Crippen LogP contribution in [0.1, 0.15) is 29.3 Å². The van der Waals surface area contributed by atoms with Gasteiger partial charge in [-0.05, 0) is 13.0 Å². The molecule has 104 valence electrons. The number of nitrogens with zero attached hydrogens (tertiary/aromatic N) is 2. The number of aromatic nitrogens is 2. The van der Waals surface area contributed by atoms with E-state index in [4.69, 9.17) is 9.47 Å². The van der Waals surface area contributed by atoms with Crippen LogP contribution in [0.4, 0.5) is 0 Å². The van der Waals surface area contributed by atoms with Crippen molar-refractivity contribution in [1.82, 2.24) is 20.6 Å². The molecule has 0 bridgehead atoms. The Morgan fingerprint density at radius 3 is 2.37 bits per heavy atom. The zero-order valence-corrected chi connectivity index (χ0v) is 11.2. The summed E-state index contributed by atoms with van der Waals surface area (Å²) in [5, 5.41) is 6.82. The van der Waals surface area contributed by atoms with Gasteiger partial charge >= 0.3 is 0 Å². The molecule has 2 aliphatic heterocycles. The molecule has 1 aromatic heterocycles. The summed E-state index contributed by atoms with van der Waals surface area (Å²) in [7, 11) is 0. The Hall–Kier alpha value is -1.08. The molecule has 2 atom stereocenters. The molecule has 2 N–H and O–H groups in total. The number of hydrogen-bond acceptors (Lipinski definition) is 6. The van der Waals surface area contributed by atoms with Gasteiger partial charge in [-0.3, -0.25) is 0 Å². The van der Waals surface area contributed by atoms with Crippen LogP contribution in [-0.2, 0) is 9.47 Å². The Morgan fingerprint density at radius 1 is 1.05 bits per heavy atom. The van der Waals surface area contributed by atoms with E-state index in [0.29, 0.717) is 13.2 Å². The molecular formula is C13H20N4O2. The van der Waals surface area contributed by atoms with Crippen LogP contribution in [0, 0.1) is 6.92 Å². The number of aryl methyl sites for hydroxylation is 1. The van der Waals surface area contributed by atoms with Gasteiger partial charge in [0, 0.05) is 18.8 Å². The lowest BCUT2D eigenvalue weighted by atomic mass is 10.1. The molecule has 2 aliphatic rings. The molecule has 2 saturated heterocycles. The van der Waals surface area contributed by atoms with Crippen LogP contribution in [0.3, 0.4) is 0 Å². The monoisotopic (exact) mass is 264 g/mol. The Labute approximate surface area is 112 Å². The van der Waals surface area contributed by atoms with Crippen molar-refractivity contribution in [3.63, 3.8) is 0 Å². The first-order valence-electron chi connectivity index (χ1n) is 6.80. The molecular weight excluding hydrogens is 244 g/mol. The van der Waals surface area contributed by atoms with Crippen LogP contribution in [0.2, 0.25) is 0 Å². The summed E-state index contributed by atoms with van der Waals surface area (Å²) in [5.74, 6) is 0.821. The van der Waals surface area contributed by atoms with Crippen molar-refractivity contribution in [2.24, 2.45) is 0 Å². The molecule has 19 heavy (non-hydrogen) atoms. The van der Waals surface area contributed by atoms with Gasteiger partial charge < -0.3 is 20.1 Å². The summed E-state index contributed by atoms with van der Waals surface area (Å²) in [6, 6.07) is 2.29. The Bertz CT molecular complexity index is 392. The molecule has 3 heterocycles. The predicted molar refractivity (Wildman–Crippen MR) is 69.9 cm³/mol. The quantitative estimate of drug-likeness (QED) is 0.790. The maximum atomic E-state index is 5.50. The van der Waals surface area contributed by atoms with E-state index < -0.39 is 0 Å². The Morgan fingerprint density at radius 2 is 1.74 bits per heavy atom. The highest BCUT2D eigenvalue weighted by molar-refractivity contribution is 5.16. The maximum absolute atomic E-state index is 5.50. The van der Waals surface area contributed by atoms with Gasteiger partial charge in [-0.25, -0.2) is 9.97 Å². The van der Waals surface area contributed by atoms with E-state index in [2.05, 4.69) is 20.6 Å². The average Bonchev–Trinajstić information content (AvgIpc) is 2.48. The first-order chi connectivity index (χ1) is 9.33. The van der Waals surface area contributed by atoms with E-state index in [1.807, 2.05) is 13.0 Å². The summed E-state index contributed by atoms with van der Waals surface area (Å²) in [5.41, 5.74) is 1.99. The standard InChI is InChI=1S/C13H20N4O2/c1-9-6-10(11-7-18-4-2-14-11)17-13(16-9)12-8-19-5-3-15-12/h6,11-12,14-15H,2-5,7-8H2,1H3. The van der Waals surface area contributed by atoms with Crippen LogP contribution in [0.25, 0.3) is 0 Å². The normalized spacial score (nSPS) is 28.3. The molecule has 0 radical (unpaired) electrons. The van der Waals surface area contributed by atoms with Gasteiger partial charge in [0.1, 0.15) is 5.82 Å². The molecule has 6 heteroatoms. The summed E-state index contributed by atoms with van der Waals surface area (Å²) < 4.78 is 11.0. The summed E-state index contributed by atoms with van der Waals surface area (Å²) in [6.07, 6.45) is 0. The zero-order chi connectivity index (χ0) is 13.1. The molecule has 0 aliphatic carbocycles. The number of morpholine rings is 2. The van der Waals surface area contributed by atoms with E-state index in [9.17, 15) is 0 Å². The minimum atomic E-state index is 0.0944. The third-order valence-electron chi connectivity index (χ3n) is 3.40. The number of rotatable bonds is 2. The third-order valence-corrected chi connectivity index (χ3v) is 3.40. The highest BCUT2D eigenvalue weighted by atomic mass is 16.5. The first-order valence-corrected chi connectivity index (χ1v) is 6.80. The Kier molecular flexibility index (Phi) is 4.03. The smallest absolute Gasteiger partial charge is 0.148 e. The molecule has 0 saturated carbocycles. The van der Waals surface area contributed by atoms with Crippen molar-refractivity contribution in [3.8, 4) is 0 Å². The predicted octanol–water partition coefficient (Wildman–Crippen LogP) is 0.107. The number of ether oxygens (including phenoxy) is 2. The average molecular weight is 264 g/mol. The minimum absolute atomic E-state index is 0.0944. The molecule has 0 spiro atoms. The Balaban J connectivity index is 1.82. The van der Waals surface area contributed by atoms with Crippen LogP contribution < -0.4 is 10.6 Å². The molecule has 0 aromatic carbocycles. The second-order valence-corrected chi connectivity index (χ2v) is 4.96. The fraction of sp³-hybridized carbons (Fsp3) is 0.692. The molecule has 6 nitrogen and oxygen atoms in total. The van der Waals surface area contributed by atoms with Gasteiger partial charge in [0.15, 0.2) is 0 Å². The van der Waals surface area contributed by atoms with E-state index in [-0.39, 0.29) is 12.1 Å². The van der Waals surface area contributed by atoms with Crippen molar-refractivity contribution in [1.29, 1.82) is 0 Å². The van der Waals surface area contributed by atoms with Crippen molar-refractivity contribution in [2.45, 2.75) is 19.0 Å². The van der Waals surface area contributed by atoms with Gasteiger partial charge in [-0.15, -0.1) is 0 Å². The fourth-order valence-electron chi connectivity index (χ4n) is 2.44. The van der Waals surface area contributed by atoms with Gasteiger partial charge in [0.05, 0.1) is 44.2 Å². The maximum Gasteiger partial charge on any atom is 0.148 e. The minimum Gasteiger partial charge on any atom is -0.378 e.